The lowest BCUT2D eigenvalue weighted by molar-refractivity contribution is -0.0750. The van der Waals surface area contributed by atoms with Gasteiger partial charge in [0.15, 0.2) is 0 Å². The topological polar surface area (TPSA) is 99.7 Å². The molecule has 1 aromatic rings. The summed E-state index contributed by atoms with van der Waals surface area (Å²) in [5.74, 6) is 0.175. The maximum atomic E-state index is 11.9. The van der Waals surface area contributed by atoms with Crippen LogP contribution in [0.1, 0.15) is 32.9 Å². The van der Waals surface area contributed by atoms with Gasteiger partial charge in [-0.2, -0.15) is 4.98 Å². The minimum absolute atomic E-state index is 0.175. The molecule has 22 heavy (non-hydrogen) atoms. The normalized spacial score (nSPS) is 14.9. The van der Waals surface area contributed by atoms with Crippen molar-refractivity contribution in [2.24, 2.45) is 0 Å². The number of anilines is 1. The Bertz CT molecular complexity index is 549. The predicted octanol–water partition coefficient (Wildman–Crippen LogP) is 1.76. The third-order valence-electron chi connectivity index (χ3n) is 3.01. The summed E-state index contributed by atoms with van der Waals surface area (Å²) in [5.41, 5.74) is 5.03. The summed E-state index contributed by atoms with van der Waals surface area (Å²) < 4.78 is 25.7. The summed E-state index contributed by atoms with van der Waals surface area (Å²) >= 11 is 0. The number of aromatic nitrogens is 2. The van der Waals surface area contributed by atoms with E-state index in [1.165, 1.54) is 9.24 Å². The van der Waals surface area contributed by atoms with Crippen LogP contribution in [-0.2, 0) is 13.8 Å². The number of nitrogens with two attached hydrogens (primary N) is 1. The fourth-order valence-corrected chi connectivity index (χ4v) is 2.27. The summed E-state index contributed by atoms with van der Waals surface area (Å²) in [5, 5.41) is 0. The van der Waals surface area contributed by atoms with E-state index in [2.05, 4.69) is 4.98 Å². The lowest BCUT2D eigenvalue weighted by Crippen LogP contribution is -2.32. The molecule has 0 saturated carbocycles. The zero-order valence-corrected chi connectivity index (χ0v) is 14.3. The van der Waals surface area contributed by atoms with Crippen LogP contribution in [0, 0.1) is 0 Å². The van der Waals surface area contributed by atoms with Crippen LogP contribution >= 0.6 is 8.18 Å². The largest absolute Gasteiger partial charge is 0.615 e. The maximum absolute atomic E-state index is 11.9. The standard InChI is InChI=1S/C13H23N4O4P/c1-5-10(9-20-22(19)16(3)4)21-12(6-2)17-8-7-11(14)15-13(17)18/h7-8,10,12H,5-6,9H2,1-4H3,(H-,14,15,18)/p+1/t10-,12+/m0/s1. The van der Waals surface area contributed by atoms with Crippen molar-refractivity contribution < 1.29 is 13.8 Å². The number of ether oxygens (including phenoxy) is 1. The molecule has 0 aliphatic carbocycles. The second kappa shape index (κ2) is 8.95. The molecule has 0 aliphatic heterocycles. The zero-order chi connectivity index (χ0) is 16.7. The highest BCUT2D eigenvalue weighted by Crippen LogP contribution is 2.26. The van der Waals surface area contributed by atoms with E-state index in [0.29, 0.717) is 12.8 Å². The van der Waals surface area contributed by atoms with Crippen molar-refractivity contribution in [1.29, 1.82) is 0 Å². The number of nitrogen functional groups attached to an aromatic ring is 1. The van der Waals surface area contributed by atoms with Crippen LogP contribution in [0.5, 0.6) is 0 Å². The molecule has 2 N–H and O–H groups in total. The van der Waals surface area contributed by atoms with E-state index >= 15 is 0 Å². The predicted molar refractivity (Wildman–Crippen MR) is 84.6 cm³/mol. The van der Waals surface area contributed by atoms with Crippen molar-refractivity contribution in [3.63, 3.8) is 0 Å². The molecule has 9 heteroatoms. The number of hydrogen-bond donors (Lipinski definition) is 1. The molecule has 1 aromatic heterocycles. The van der Waals surface area contributed by atoms with Gasteiger partial charge in [-0.05, 0) is 23.5 Å². The first-order chi connectivity index (χ1) is 10.4. The fourth-order valence-electron chi connectivity index (χ4n) is 1.74. The quantitative estimate of drug-likeness (QED) is 0.688. The Kier molecular flexibility index (Phi) is 7.61. The molecule has 124 valence electrons. The molecule has 1 heterocycles. The smallest absolute Gasteiger partial charge is 0.383 e. The molecule has 0 radical (unpaired) electrons. The van der Waals surface area contributed by atoms with Gasteiger partial charge in [-0.1, -0.05) is 18.5 Å². The molecule has 1 unspecified atom stereocenters. The molecule has 0 spiro atoms. The molecule has 0 amide bonds. The average molecular weight is 331 g/mol. The minimum Gasteiger partial charge on any atom is -0.383 e. The first-order valence-corrected chi connectivity index (χ1v) is 8.29. The monoisotopic (exact) mass is 331 g/mol. The molecule has 0 fully saturated rings. The molecule has 3 atom stereocenters. The van der Waals surface area contributed by atoms with E-state index in [-0.39, 0.29) is 18.5 Å². The Morgan fingerprint density at radius 1 is 1.41 bits per heavy atom. The maximum Gasteiger partial charge on any atom is 0.615 e. The lowest BCUT2D eigenvalue weighted by Gasteiger charge is -2.23. The van der Waals surface area contributed by atoms with Gasteiger partial charge in [0.05, 0.1) is 6.10 Å². The van der Waals surface area contributed by atoms with E-state index in [9.17, 15) is 9.36 Å². The fraction of sp³-hybridized carbons (Fsp3) is 0.692. The van der Waals surface area contributed by atoms with Crippen LogP contribution < -0.4 is 11.4 Å². The zero-order valence-electron chi connectivity index (χ0n) is 13.4. The van der Waals surface area contributed by atoms with Gasteiger partial charge >= 0.3 is 13.9 Å². The van der Waals surface area contributed by atoms with Gasteiger partial charge in [0.2, 0.25) is 0 Å². The van der Waals surface area contributed by atoms with Crippen molar-refractivity contribution in [3.8, 4) is 0 Å². The first kappa shape index (κ1) is 18.7. The summed E-state index contributed by atoms with van der Waals surface area (Å²) in [6.45, 7) is 4.03. The third kappa shape index (κ3) is 5.46. The second-order valence-corrected chi connectivity index (χ2v) is 6.49. The molecular formula is C13H24N4O4P+. The van der Waals surface area contributed by atoms with Crippen LogP contribution in [0.2, 0.25) is 0 Å². The Balaban J connectivity index is 2.74. The second-order valence-electron chi connectivity index (χ2n) is 4.95. The van der Waals surface area contributed by atoms with E-state index in [1.54, 1.807) is 26.4 Å². The molecule has 8 nitrogen and oxygen atoms in total. The summed E-state index contributed by atoms with van der Waals surface area (Å²) in [6, 6.07) is 1.55. The Morgan fingerprint density at radius 2 is 2.09 bits per heavy atom. The van der Waals surface area contributed by atoms with Crippen molar-refractivity contribution in [1.82, 2.24) is 14.2 Å². The number of hydrogen-bond acceptors (Lipinski definition) is 6. The Hall–Kier alpha value is -1.34. The van der Waals surface area contributed by atoms with Crippen molar-refractivity contribution in [2.75, 3.05) is 26.4 Å². The lowest BCUT2D eigenvalue weighted by atomic mass is 10.3. The third-order valence-corrected chi connectivity index (χ3v) is 4.04. The molecule has 0 saturated heterocycles. The van der Waals surface area contributed by atoms with E-state index in [0.717, 1.165) is 0 Å². The van der Waals surface area contributed by atoms with Gasteiger partial charge in [0.25, 0.3) is 0 Å². The minimum atomic E-state index is -1.87. The van der Waals surface area contributed by atoms with Crippen LogP contribution in [-0.4, -0.2) is 41.0 Å². The molecule has 1 rings (SSSR count). The highest BCUT2D eigenvalue weighted by atomic mass is 31.1. The van der Waals surface area contributed by atoms with E-state index < -0.39 is 20.1 Å². The number of nitrogens with zero attached hydrogens (tertiary/aromatic N) is 3. The summed E-state index contributed by atoms with van der Waals surface area (Å²) in [7, 11) is 1.49. The van der Waals surface area contributed by atoms with E-state index in [4.69, 9.17) is 15.0 Å². The SMILES string of the molecule is CC[C@@H](CO[P+](=O)N(C)C)O[C@H](CC)n1ccc(N)nc1=O. The Labute approximate surface area is 131 Å². The van der Waals surface area contributed by atoms with Gasteiger partial charge in [-0.15, -0.1) is 4.52 Å². The van der Waals surface area contributed by atoms with Crippen molar-refractivity contribution >= 4 is 14.0 Å². The summed E-state index contributed by atoms with van der Waals surface area (Å²) in [6.07, 6.45) is 2.08. The number of rotatable bonds is 9. The molecule has 0 aliphatic rings. The molecular weight excluding hydrogens is 307 g/mol. The van der Waals surface area contributed by atoms with Crippen LogP contribution in [0.15, 0.2) is 17.1 Å². The highest BCUT2D eigenvalue weighted by molar-refractivity contribution is 7.36. The van der Waals surface area contributed by atoms with Gasteiger partial charge in [-0.3, -0.25) is 4.57 Å². The van der Waals surface area contributed by atoms with Crippen molar-refractivity contribution in [2.45, 2.75) is 39.0 Å². The van der Waals surface area contributed by atoms with Crippen LogP contribution in [0.4, 0.5) is 5.82 Å². The first-order valence-electron chi connectivity index (χ1n) is 7.16. The van der Waals surface area contributed by atoms with Gasteiger partial charge in [-0.25, -0.2) is 4.79 Å². The average Bonchev–Trinajstić information content (AvgIpc) is 2.48. The van der Waals surface area contributed by atoms with Gasteiger partial charge < -0.3 is 10.5 Å². The Morgan fingerprint density at radius 3 is 2.59 bits per heavy atom. The van der Waals surface area contributed by atoms with Gasteiger partial charge in [0, 0.05) is 20.3 Å². The van der Waals surface area contributed by atoms with Gasteiger partial charge in [0.1, 0.15) is 18.7 Å². The van der Waals surface area contributed by atoms with E-state index in [1.807, 2.05) is 13.8 Å². The van der Waals surface area contributed by atoms with Crippen LogP contribution in [0.3, 0.4) is 0 Å². The highest BCUT2D eigenvalue weighted by Gasteiger charge is 2.25. The summed E-state index contributed by atoms with van der Waals surface area (Å²) in [4.78, 5) is 15.6. The molecule has 0 bridgehead atoms. The molecule has 0 aromatic carbocycles. The van der Waals surface area contributed by atoms with Crippen molar-refractivity contribution in [3.05, 3.63) is 22.7 Å². The van der Waals surface area contributed by atoms with Crippen LogP contribution in [0.25, 0.3) is 0 Å².